The van der Waals surface area contributed by atoms with E-state index in [-0.39, 0.29) is 17.3 Å². The highest BCUT2D eigenvalue weighted by Gasteiger charge is 2.18. The number of ether oxygens (including phenoxy) is 1. The van der Waals surface area contributed by atoms with Gasteiger partial charge in [0.25, 0.3) is 5.91 Å². The molecule has 6 heteroatoms. The van der Waals surface area contributed by atoms with Crippen LogP contribution in [0.25, 0.3) is 0 Å². The highest BCUT2D eigenvalue weighted by Crippen LogP contribution is 2.05. The van der Waals surface area contributed by atoms with Crippen LogP contribution >= 0.6 is 0 Å². The Hall–Kier alpha value is -1.85. The van der Waals surface area contributed by atoms with E-state index in [4.69, 9.17) is 4.74 Å². The fourth-order valence-electron chi connectivity index (χ4n) is 1.36. The maximum Gasteiger partial charge on any atom is 0.356 e. The van der Waals surface area contributed by atoms with E-state index >= 15 is 0 Å². The van der Waals surface area contributed by atoms with E-state index in [1.54, 1.807) is 14.0 Å². The lowest BCUT2D eigenvalue weighted by molar-refractivity contribution is 0.0513. The number of nitrogens with zero attached hydrogens (tertiary/aromatic N) is 2. The highest BCUT2D eigenvalue weighted by atomic mass is 16.5. The number of rotatable bonds is 5. The zero-order valence-corrected chi connectivity index (χ0v) is 11.2. The van der Waals surface area contributed by atoms with Crippen molar-refractivity contribution in [2.45, 2.75) is 20.8 Å². The van der Waals surface area contributed by atoms with Crippen molar-refractivity contribution >= 4 is 11.9 Å². The predicted octanol–water partition coefficient (Wildman–Crippen LogP) is 0.983. The van der Waals surface area contributed by atoms with Crippen LogP contribution in [0.3, 0.4) is 0 Å². The molecule has 1 rings (SSSR count). The summed E-state index contributed by atoms with van der Waals surface area (Å²) in [5.41, 5.74) is 0.493. The van der Waals surface area contributed by atoms with Gasteiger partial charge in [-0.25, -0.2) is 4.79 Å². The maximum atomic E-state index is 11.8. The number of hydrogen-bond donors (Lipinski definition) is 1. The van der Waals surface area contributed by atoms with Crippen molar-refractivity contribution in [1.82, 2.24) is 15.1 Å². The Balaban J connectivity index is 2.77. The molecule has 6 nitrogen and oxygen atoms in total. The second-order valence-electron chi connectivity index (χ2n) is 4.36. The topological polar surface area (TPSA) is 73.2 Å². The number of hydrogen-bond acceptors (Lipinski definition) is 4. The SMILES string of the molecule is CCOC(=O)c1cc(C(=O)NCC(C)C)nn1C. The Morgan fingerprint density at radius 3 is 2.72 bits per heavy atom. The van der Waals surface area contributed by atoms with Crippen LogP contribution in [-0.4, -0.2) is 34.8 Å². The van der Waals surface area contributed by atoms with Gasteiger partial charge in [0.2, 0.25) is 0 Å². The molecule has 0 aliphatic carbocycles. The second kappa shape index (κ2) is 6.18. The molecule has 0 fully saturated rings. The molecule has 0 atom stereocenters. The fourth-order valence-corrected chi connectivity index (χ4v) is 1.36. The third-order valence-electron chi connectivity index (χ3n) is 2.27. The monoisotopic (exact) mass is 253 g/mol. The Kier molecular flexibility index (Phi) is 4.88. The van der Waals surface area contributed by atoms with E-state index in [0.29, 0.717) is 19.1 Å². The molecule has 0 aliphatic rings. The average Bonchev–Trinajstić information content (AvgIpc) is 2.68. The summed E-state index contributed by atoms with van der Waals surface area (Å²) in [4.78, 5) is 23.3. The van der Waals surface area contributed by atoms with Gasteiger partial charge in [-0.2, -0.15) is 5.10 Å². The van der Waals surface area contributed by atoms with Crippen LogP contribution in [0, 0.1) is 5.92 Å². The number of amides is 1. The van der Waals surface area contributed by atoms with E-state index in [9.17, 15) is 9.59 Å². The Morgan fingerprint density at radius 2 is 2.17 bits per heavy atom. The summed E-state index contributed by atoms with van der Waals surface area (Å²) in [6.45, 7) is 6.60. The summed E-state index contributed by atoms with van der Waals surface area (Å²) in [5.74, 6) is -0.396. The lowest BCUT2D eigenvalue weighted by Crippen LogP contribution is -2.27. The van der Waals surface area contributed by atoms with Crippen molar-refractivity contribution in [1.29, 1.82) is 0 Å². The van der Waals surface area contributed by atoms with Gasteiger partial charge in [-0.1, -0.05) is 13.8 Å². The van der Waals surface area contributed by atoms with Crippen LogP contribution in [0.1, 0.15) is 41.7 Å². The zero-order chi connectivity index (χ0) is 13.7. The van der Waals surface area contributed by atoms with E-state index in [0.717, 1.165) is 0 Å². The van der Waals surface area contributed by atoms with Crippen LogP contribution in [0.2, 0.25) is 0 Å². The first kappa shape index (κ1) is 14.2. The number of aryl methyl sites for hydroxylation is 1. The Morgan fingerprint density at radius 1 is 1.50 bits per heavy atom. The molecule has 1 N–H and O–H groups in total. The van der Waals surface area contributed by atoms with Crippen molar-refractivity contribution in [3.63, 3.8) is 0 Å². The molecule has 18 heavy (non-hydrogen) atoms. The summed E-state index contributed by atoms with van der Waals surface area (Å²) >= 11 is 0. The first-order valence-electron chi connectivity index (χ1n) is 5.95. The summed E-state index contributed by atoms with van der Waals surface area (Å²) in [6, 6.07) is 1.44. The van der Waals surface area contributed by atoms with Gasteiger partial charge in [-0.3, -0.25) is 9.48 Å². The molecule has 100 valence electrons. The van der Waals surface area contributed by atoms with E-state index in [1.165, 1.54) is 10.7 Å². The van der Waals surface area contributed by atoms with E-state index in [1.807, 2.05) is 13.8 Å². The van der Waals surface area contributed by atoms with Crippen LogP contribution in [-0.2, 0) is 11.8 Å². The van der Waals surface area contributed by atoms with Gasteiger partial charge in [-0.05, 0) is 12.8 Å². The van der Waals surface area contributed by atoms with Crippen molar-refractivity contribution in [2.24, 2.45) is 13.0 Å². The summed E-state index contributed by atoms with van der Waals surface area (Å²) in [5, 5.41) is 6.74. The van der Waals surface area contributed by atoms with E-state index < -0.39 is 5.97 Å². The largest absolute Gasteiger partial charge is 0.461 e. The highest BCUT2D eigenvalue weighted by molar-refractivity contribution is 5.95. The molecule has 0 spiro atoms. The smallest absolute Gasteiger partial charge is 0.356 e. The summed E-state index contributed by atoms with van der Waals surface area (Å²) in [7, 11) is 1.60. The number of aromatic nitrogens is 2. The molecule has 1 aromatic rings. The van der Waals surface area contributed by atoms with Crippen molar-refractivity contribution in [3.05, 3.63) is 17.5 Å². The minimum Gasteiger partial charge on any atom is -0.461 e. The second-order valence-corrected chi connectivity index (χ2v) is 4.36. The molecule has 0 bridgehead atoms. The molecule has 0 aromatic carbocycles. The predicted molar refractivity (Wildman–Crippen MR) is 66.3 cm³/mol. The lowest BCUT2D eigenvalue weighted by atomic mass is 10.2. The summed E-state index contributed by atoms with van der Waals surface area (Å²) < 4.78 is 6.22. The number of carbonyl (C=O) groups is 2. The van der Waals surface area contributed by atoms with Gasteiger partial charge < -0.3 is 10.1 Å². The number of carbonyl (C=O) groups excluding carboxylic acids is 2. The maximum absolute atomic E-state index is 11.8. The van der Waals surface area contributed by atoms with Crippen LogP contribution in [0.15, 0.2) is 6.07 Å². The van der Waals surface area contributed by atoms with Crippen LogP contribution in [0.4, 0.5) is 0 Å². The first-order chi connectivity index (χ1) is 8.45. The number of nitrogens with one attached hydrogen (secondary N) is 1. The third-order valence-corrected chi connectivity index (χ3v) is 2.27. The quantitative estimate of drug-likeness (QED) is 0.794. The molecular formula is C12H19N3O3. The molecule has 0 saturated carbocycles. The normalized spacial score (nSPS) is 10.5. The fraction of sp³-hybridized carbons (Fsp3) is 0.583. The first-order valence-corrected chi connectivity index (χ1v) is 5.95. The van der Waals surface area contributed by atoms with Crippen molar-refractivity contribution in [3.8, 4) is 0 Å². The van der Waals surface area contributed by atoms with Crippen molar-refractivity contribution < 1.29 is 14.3 Å². The minimum absolute atomic E-state index is 0.223. The van der Waals surface area contributed by atoms with Crippen LogP contribution in [0.5, 0.6) is 0 Å². The van der Waals surface area contributed by atoms with Gasteiger partial charge in [0, 0.05) is 19.7 Å². The molecule has 0 aliphatic heterocycles. The van der Waals surface area contributed by atoms with Gasteiger partial charge >= 0.3 is 5.97 Å². The molecule has 1 aromatic heterocycles. The lowest BCUT2D eigenvalue weighted by Gasteiger charge is -2.04. The Bertz CT molecular complexity index is 438. The van der Waals surface area contributed by atoms with Gasteiger partial charge in [-0.15, -0.1) is 0 Å². The third kappa shape index (κ3) is 3.58. The summed E-state index contributed by atoms with van der Waals surface area (Å²) in [6.07, 6.45) is 0. The van der Waals surface area contributed by atoms with Gasteiger partial charge in [0.05, 0.1) is 6.61 Å². The van der Waals surface area contributed by atoms with Gasteiger partial charge in [0.1, 0.15) is 5.69 Å². The molecule has 0 radical (unpaired) electrons. The van der Waals surface area contributed by atoms with Crippen molar-refractivity contribution in [2.75, 3.05) is 13.2 Å². The van der Waals surface area contributed by atoms with Gasteiger partial charge in [0.15, 0.2) is 5.69 Å². The standard InChI is InChI=1S/C12H19N3O3/c1-5-18-12(17)10-6-9(14-15(10)4)11(16)13-7-8(2)3/h6,8H,5,7H2,1-4H3,(H,13,16). The van der Waals surface area contributed by atoms with E-state index in [2.05, 4.69) is 10.4 Å². The molecular weight excluding hydrogens is 234 g/mol. The average molecular weight is 253 g/mol. The zero-order valence-electron chi connectivity index (χ0n) is 11.2. The molecule has 0 unspecified atom stereocenters. The number of esters is 1. The minimum atomic E-state index is -0.476. The molecule has 0 saturated heterocycles. The molecule has 1 heterocycles. The van der Waals surface area contributed by atoms with Crippen LogP contribution < -0.4 is 5.32 Å². The Labute approximate surface area is 106 Å². The molecule has 1 amide bonds.